The van der Waals surface area contributed by atoms with Gasteiger partial charge in [0.05, 0.1) is 18.2 Å². The van der Waals surface area contributed by atoms with E-state index in [1.807, 2.05) is 36.7 Å². The number of hydrogen-bond acceptors (Lipinski definition) is 5. The minimum absolute atomic E-state index is 0.388. The summed E-state index contributed by atoms with van der Waals surface area (Å²) >= 11 is 7.68. The van der Waals surface area contributed by atoms with Crippen molar-refractivity contribution in [1.82, 2.24) is 14.8 Å². The van der Waals surface area contributed by atoms with Gasteiger partial charge >= 0.3 is 0 Å². The first kappa shape index (κ1) is 15.2. The monoisotopic (exact) mass is 312 g/mol. The third-order valence-corrected chi connectivity index (χ3v) is 4.11. The molecule has 0 fully saturated rings. The Balaban J connectivity index is 1.86. The Morgan fingerprint density at radius 1 is 1.40 bits per heavy atom. The number of halogens is 1. The normalized spacial score (nSPS) is 10.8. The molecule has 108 valence electrons. The Labute approximate surface area is 127 Å². The number of benzene rings is 1. The van der Waals surface area contributed by atoms with E-state index >= 15 is 0 Å². The summed E-state index contributed by atoms with van der Waals surface area (Å²) in [5.74, 6) is 2.28. The zero-order chi connectivity index (χ0) is 14.5. The highest BCUT2D eigenvalue weighted by atomic mass is 35.5. The van der Waals surface area contributed by atoms with E-state index in [1.54, 1.807) is 11.8 Å². The minimum atomic E-state index is 0.388. The predicted octanol–water partition coefficient (Wildman–Crippen LogP) is 2.41. The van der Waals surface area contributed by atoms with Crippen LogP contribution in [0.5, 0.6) is 5.75 Å². The average Bonchev–Trinajstić information content (AvgIpc) is 2.78. The van der Waals surface area contributed by atoms with Crippen LogP contribution in [-0.2, 0) is 13.6 Å². The van der Waals surface area contributed by atoms with Gasteiger partial charge in [0.15, 0.2) is 5.16 Å². The summed E-state index contributed by atoms with van der Waals surface area (Å²) in [6.07, 6.45) is 0. The highest BCUT2D eigenvalue weighted by Crippen LogP contribution is 2.28. The van der Waals surface area contributed by atoms with Crippen LogP contribution in [-0.4, -0.2) is 27.1 Å². The second-order valence-corrected chi connectivity index (χ2v) is 5.71. The minimum Gasteiger partial charge on any atom is -0.491 e. The molecule has 20 heavy (non-hydrogen) atoms. The third kappa shape index (κ3) is 3.45. The maximum absolute atomic E-state index is 6.10. The summed E-state index contributed by atoms with van der Waals surface area (Å²) in [5, 5.41) is 9.56. The molecule has 0 aliphatic carbocycles. The van der Waals surface area contributed by atoms with Gasteiger partial charge < -0.3 is 15.0 Å². The molecule has 2 aromatic rings. The molecule has 0 saturated heterocycles. The number of aromatic nitrogens is 3. The number of hydrogen-bond donors (Lipinski definition) is 1. The largest absolute Gasteiger partial charge is 0.491 e. The van der Waals surface area contributed by atoms with E-state index in [-0.39, 0.29) is 0 Å². The van der Waals surface area contributed by atoms with Crippen LogP contribution in [0.3, 0.4) is 0 Å². The molecular weight excluding hydrogens is 296 g/mol. The number of para-hydroxylation sites is 1. The lowest BCUT2D eigenvalue weighted by molar-refractivity contribution is 0.341. The van der Waals surface area contributed by atoms with E-state index in [4.69, 9.17) is 22.1 Å². The van der Waals surface area contributed by atoms with Crippen molar-refractivity contribution in [3.05, 3.63) is 34.6 Å². The molecule has 5 nitrogen and oxygen atoms in total. The van der Waals surface area contributed by atoms with Crippen molar-refractivity contribution in [3.8, 4) is 5.75 Å². The van der Waals surface area contributed by atoms with Gasteiger partial charge in [0.25, 0.3) is 0 Å². The van der Waals surface area contributed by atoms with Crippen LogP contribution >= 0.6 is 23.4 Å². The Morgan fingerprint density at radius 2 is 2.20 bits per heavy atom. The molecule has 2 rings (SSSR count). The van der Waals surface area contributed by atoms with Crippen LogP contribution in [0.15, 0.2) is 23.4 Å². The van der Waals surface area contributed by atoms with Gasteiger partial charge in [-0.25, -0.2) is 0 Å². The van der Waals surface area contributed by atoms with E-state index in [2.05, 4.69) is 10.2 Å². The van der Waals surface area contributed by atoms with Gasteiger partial charge in [-0.15, -0.1) is 10.2 Å². The molecule has 7 heteroatoms. The first-order valence-electron chi connectivity index (χ1n) is 6.22. The molecule has 0 atom stereocenters. The van der Waals surface area contributed by atoms with Crippen molar-refractivity contribution in [2.45, 2.75) is 18.6 Å². The molecule has 0 bridgehead atoms. The molecule has 1 heterocycles. The van der Waals surface area contributed by atoms with Gasteiger partial charge in [0.1, 0.15) is 11.6 Å². The summed E-state index contributed by atoms with van der Waals surface area (Å²) in [4.78, 5) is 0. The van der Waals surface area contributed by atoms with Crippen molar-refractivity contribution < 1.29 is 4.74 Å². The van der Waals surface area contributed by atoms with Crippen LogP contribution in [0.4, 0.5) is 0 Å². The first-order valence-corrected chi connectivity index (χ1v) is 7.59. The summed E-state index contributed by atoms with van der Waals surface area (Å²) in [7, 11) is 1.91. The third-order valence-electron chi connectivity index (χ3n) is 2.83. The molecule has 0 amide bonds. The summed E-state index contributed by atoms with van der Waals surface area (Å²) in [5.41, 5.74) is 6.59. The molecule has 0 aliphatic heterocycles. The maximum Gasteiger partial charge on any atom is 0.191 e. The van der Waals surface area contributed by atoms with Gasteiger partial charge in [-0.2, -0.15) is 0 Å². The molecular formula is C13H17ClN4OS. The lowest BCUT2D eigenvalue weighted by Gasteiger charge is -2.10. The predicted molar refractivity (Wildman–Crippen MR) is 81.3 cm³/mol. The topological polar surface area (TPSA) is 66.0 Å². The number of nitrogens with zero attached hydrogens (tertiary/aromatic N) is 3. The zero-order valence-corrected chi connectivity index (χ0v) is 13.0. The summed E-state index contributed by atoms with van der Waals surface area (Å²) < 4.78 is 7.62. The fourth-order valence-electron chi connectivity index (χ4n) is 1.72. The summed E-state index contributed by atoms with van der Waals surface area (Å²) in [6, 6.07) is 5.71. The molecule has 1 aromatic carbocycles. The zero-order valence-electron chi connectivity index (χ0n) is 11.5. The van der Waals surface area contributed by atoms with Crippen molar-refractivity contribution >= 4 is 23.4 Å². The number of thioether (sulfide) groups is 1. The van der Waals surface area contributed by atoms with E-state index in [0.717, 1.165) is 28.0 Å². The van der Waals surface area contributed by atoms with Crippen LogP contribution in [0.2, 0.25) is 5.02 Å². The smallest absolute Gasteiger partial charge is 0.191 e. The standard InChI is InChI=1S/C13H17ClN4OS/c1-9-4-3-5-10(14)12(9)19-6-7-20-13-17-16-11(8-15)18(13)2/h3-5H,6-8,15H2,1-2H3. The van der Waals surface area contributed by atoms with Gasteiger partial charge in [-0.05, 0) is 18.6 Å². The molecule has 1 aromatic heterocycles. The Kier molecular flexibility index (Phi) is 5.28. The first-order chi connectivity index (χ1) is 9.63. The van der Waals surface area contributed by atoms with Crippen LogP contribution in [0.1, 0.15) is 11.4 Å². The van der Waals surface area contributed by atoms with Gasteiger partial charge in [-0.1, -0.05) is 35.5 Å². The Bertz CT molecular complexity index is 567. The quantitative estimate of drug-likeness (QED) is 0.655. The highest BCUT2D eigenvalue weighted by Gasteiger charge is 2.08. The Hall–Kier alpha value is -1.24. The van der Waals surface area contributed by atoms with Gasteiger partial charge in [0.2, 0.25) is 0 Å². The highest BCUT2D eigenvalue weighted by molar-refractivity contribution is 7.99. The van der Waals surface area contributed by atoms with Crippen molar-refractivity contribution in [1.29, 1.82) is 0 Å². The van der Waals surface area contributed by atoms with E-state index < -0.39 is 0 Å². The molecule has 0 spiro atoms. The number of nitrogens with two attached hydrogens (primary N) is 1. The summed E-state index contributed by atoms with van der Waals surface area (Å²) in [6.45, 7) is 2.92. The van der Waals surface area contributed by atoms with Crippen LogP contribution < -0.4 is 10.5 Å². The second kappa shape index (κ2) is 6.97. The van der Waals surface area contributed by atoms with E-state index in [9.17, 15) is 0 Å². The van der Waals surface area contributed by atoms with Gasteiger partial charge in [-0.3, -0.25) is 0 Å². The SMILES string of the molecule is Cc1cccc(Cl)c1OCCSc1nnc(CN)n1C. The Morgan fingerprint density at radius 3 is 2.85 bits per heavy atom. The number of aryl methyl sites for hydroxylation is 1. The number of rotatable bonds is 6. The lowest BCUT2D eigenvalue weighted by Crippen LogP contribution is -2.06. The number of ether oxygens (including phenoxy) is 1. The van der Waals surface area contributed by atoms with Crippen LogP contribution in [0.25, 0.3) is 0 Å². The van der Waals surface area contributed by atoms with Crippen molar-refractivity contribution in [3.63, 3.8) is 0 Å². The molecule has 0 radical (unpaired) electrons. The van der Waals surface area contributed by atoms with Gasteiger partial charge in [0, 0.05) is 12.8 Å². The maximum atomic E-state index is 6.10. The van der Waals surface area contributed by atoms with E-state index in [0.29, 0.717) is 18.2 Å². The fraction of sp³-hybridized carbons (Fsp3) is 0.385. The second-order valence-electron chi connectivity index (χ2n) is 4.24. The average molecular weight is 313 g/mol. The molecule has 0 aliphatic rings. The fourth-order valence-corrected chi connectivity index (χ4v) is 2.75. The van der Waals surface area contributed by atoms with Crippen molar-refractivity contribution in [2.75, 3.05) is 12.4 Å². The lowest BCUT2D eigenvalue weighted by atomic mass is 10.2. The molecule has 0 unspecified atom stereocenters. The molecule has 0 saturated carbocycles. The van der Waals surface area contributed by atoms with Crippen LogP contribution in [0, 0.1) is 6.92 Å². The molecule has 2 N–H and O–H groups in total. The van der Waals surface area contributed by atoms with E-state index in [1.165, 1.54) is 0 Å². The van der Waals surface area contributed by atoms with Crippen molar-refractivity contribution in [2.24, 2.45) is 12.8 Å².